The summed E-state index contributed by atoms with van der Waals surface area (Å²) in [6.45, 7) is 1.72. The zero-order chi connectivity index (χ0) is 14.7. The third kappa shape index (κ3) is 2.94. The first-order chi connectivity index (χ1) is 9.47. The van der Waals surface area contributed by atoms with Crippen LogP contribution in [0.2, 0.25) is 0 Å². The van der Waals surface area contributed by atoms with Crippen molar-refractivity contribution < 1.29 is 19.1 Å². The molecule has 0 radical (unpaired) electrons. The van der Waals surface area contributed by atoms with Crippen LogP contribution in [0.25, 0.3) is 0 Å². The van der Waals surface area contributed by atoms with E-state index in [-0.39, 0.29) is 16.9 Å². The lowest BCUT2D eigenvalue weighted by Gasteiger charge is -2.08. The van der Waals surface area contributed by atoms with E-state index in [2.05, 4.69) is 15.3 Å². The molecule has 1 heterocycles. The van der Waals surface area contributed by atoms with Gasteiger partial charge in [0, 0.05) is 6.20 Å². The van der Waals surface area contributed by atoms with Gasteiger partial charge < -0.3 is 10.4 Å². The minimum absolute atomic E-state index is 0.00808. The number of carbonyl (C=O) groups excluding carboxylic acids is 1. The molecule has 7 heteroatoms. The van der Waals surface area contributed by atoms with Gasteiger partial charge in [-0.15, -0.1) is 0 Å². The lowest BCUT2D eigenvalue weighted by molar-refractivity contribution is 0.0697. The van der Waals surface area contributed by atoms with E-state index in [4.69, 9.17) is 5.11 Å². The molecular formula is C13H10FN3O3. The summed E-state index contributed by atoms with van der Waals surface area (Å²) < 4.78 is 13.0. The van der Waals surface area contributed by atoms with E-state index in [9.17, 15) is 14.0 Å². The Kier molecular flexibility index (Phi) is 3.69. The molecule has 0 aliphatic carbocycles. The largest absolute Gasteiger partial charge is 0.478 e. The lowest BCUT2D eigenvalue weighted by Crippen LogP contribution is -2.16. The van der Waals surface area contributed by atoms with Crippen LogP contribution < -0.4 is 5.32 Å². The molecule has 1 aromatic carbocycles. The summed E-state index contributed by atoms with van der Waals surface area (Å²) in [4.78, 5) is 30.7. The Morgan fingerprint density at radius 2 is 2.00 bits per heavy atom. The van der Waals surface area contributed by atoms with Crippen molar-refractivity contribution in [3.8, 4) is 0 Å². The molecule has 0 aliphatic rings. The van der Waals surface area contributed by atoms with Crippen molar-refractivity contribution in [1.82, 2.24) is 9.97 Å². The summed E-state index contributed by atoms with van der Waals surface area (Å²) in [7, 11) is 0. The number of halogens is 1. The number of carbonyl (C=O) groups is 2. The number of aryl methyl sites for hydroxylation is 1. The molecule has 2 rings (SSSR count). The highest BCUT2D eigenvalue weighted by Crippen LogP contribution is 2.17. The molecule has 0 unspecified atom stereocenters. The van der Waals surface area contributed by atoms with E-state index in [0.717, 1.165) is 12.1 Å². The van der Waals surface area contributed by atoms with Crippen LogP contribution in [0.5, 0.6) is 0 Å². The minimum Gasteiger partial charge on any atom is -0.478 e. The standard InChI is InChI=1S/C13H10FN3O3/c1-7-5-16-11(6-15-7)12(18)17-10-3-2-8(14)4-9(10)13(19)20/h2-6H,1H3,(H,17,18)(H,19,20). The third-order valence-corrected chi connectivity index (χ3v) is 2.47. The smallest absolute Gasteiger partial charge is 0.337 e. The van der Waals surface area contributed by atoms with E-state index >= 15 is 0 Å². The Morgan fingerprint density at radius 3 is 2.60 bits per heavy atom. The number of hydrogen-bond donors (Lipinski definition) is 2. The Hall–Kier alpha value is -2.83. The molecule has 0 saturated heterocycles. The number of aromatic nitrogens is 2. The monoisotopic (exact) mass is 275 g/mol. The Morgan fingerprint density at radius 1 is 1.25 bits per heavy atom. The highest BCUT2D eigenvalue weighted by Gasteiger charge is 2.15. The fourth-order valence-electron chi connectivity index (χ4n) is 1.50. The van der Waals surface area contributed by atoms with Gasteiger partial charge in [0.2, 0.25) is 0 Å². The second kappa shape index (κ2) is 5.43. The van der Waals surface area contributed by atoms with Gasteiger partial charge >= 0.3 is 5.97 Å². The van der Waals surface area contributed by atoms with Crippen molar-refractivity contribution in [2.24, 2.45) is 0 Å². The highest BCUT2D eigenvalue weighted by atomic mass is 19.1. The fourth-order valence-corrected chi connectivity index (χ4v) is 1.50. The van der Waals surface area contributed by atoms with Gasteiger partial charge in [0.05, 0.1) is 23.1 Å². The van der Waals surface area contributed by atoms with Gasteiger partial charge in [-0.1, -0.05) is 0 Å². The first-order valence-electron chi connectivity index (χ1n) is 5.60. The summed E-state index contributed by atoms with van der Waals surface area (Å²) in [5, 5.41) is 11.3. The SMILES string of the molecule is Cc1cnc(C(=O)Nc2ccc(F)cc2C(=O)O)cn1. The Balaban J connectivity index is 2.28. The minimum atomic E-state index is -1.34. The third-order valence-electron chi connectivity index (χ3n) is 2.47. The summed E-state index contributed by atoms with van der Waals surface area (Å²) in [6.07, 6.45) is 2.69. The first kappa shape index (κ1) is 13.6. The maximum atomic E-state index is 13.0. The van der Waals surface area contributed by atoms with Crippen LogP contribution in [0.1, 0.15) is 26.5 Å². The van der Waals surface area contributed by atoms with Crippen LogP contribution in [0.3, 0.4) is 0 Å². The summed E-state index contributed by atoms with van der Waals surface area (Å²) in [5.41, 5.74) is 0.343. The zero-order valence-electron chi connectivity index (χ0n) is 10.4. The normalized spacial score (nSPS) is 10.1. The van der Waals surface area contributed by atoms with Gasteiger partial charge in [0.25, 0.3) is 5.91 Å². The fraction of sp³-hybridized carbons (Fsp3) is 0.0769. The van der Waals surface area contributed by atoms with Crippen LogP contribution in [0.4, 0.5) is 10.1 Å². The average molecular weight is 275 g/mol. The van der Waals surface area contributed by atoms with Gasteiger partial charge in [-0.25, -0.2) is 14.2 Å². The lowest BCUT2D eigenvalue weighted by atomic mass is 10.1. The van der Waals surface area contributed by atoms with E-state index in [1.165, 1.54) is 18.5 Å². The van der Waals surface area contributed by atoms with Crippen LogP contribution in [0.15, 0.2) is 30.6 Å². The Labute approximate surface area is 113 Å². The summed E-state index contributed by atoms with van der Waals surface area (Å²) >= 11 is 0. The van der Waals surface area contributed by atoms with Crippen molar-refractivity contribution in [2.75, 3.05) is 5.32 Å². The number of rotatable bonds is 3. The molecule has 0 fully saturated rings. The Bertz CT molecular complexity index is 671. The molecule has 6 nitrogen and oxygen atoms in total. The van der Waals surface area contributed by atoms with Crippen molar-refractivity contribution in [3.63, 3.8) is 0 Å². The molecular weight excluding hydrogens is 265 g/mol. The van der Waals surface area contributed by atoms with E-state index < -0.39 is 17.7 Å². The maximum absolute atomic E-state index is 13.0. The molecule has 2 aromatic rings. The molecule has 0 bridgehead atoms. The number of carboxylic acid groups (broad SMARTS) is 1. The number of benzene rings is 1. The molecule has 0 spiro atoms. The molecule has 1 amide bonds. The summed E-state index contributed by atoms with van der Waals surface area (Å²) in [5.74, 6) is -2.66. The van der Waals surface area contributed by atoms with Gasteiger partial charge in [-0.2, -0.15) is 0 Å². The number of nitrogens with zero attached hydrogens (tertiary/aromatic N) is 2. The highest BCUT2D eigenvalue weighted by molar-refractivity contribution is 6.06. The molecule has 2 N–H and O–H groups in total. The van der Waals surface area contributed by atoms with Crippen LogP contribution >= 0.6 is 0 Å². The maximum Gasteiger partial charge on any atom is 0.337 e. The number of hydrogen-bond acceptors (Lipinski definition) is 4. The van der Waals surface area contributed by atoms with E-state index in [1.54, 1.807) is 6.92 Å². The molecule has 0 atom stereocenters. The molecule has 20 heavy (non-hydrogen) atoms. The second-order valence-corrected chi connectivity index (χ2v) is 3.99. The number of carboxylic acids is 1. The van der Waals surface area contributed by atoms with Crippen LogP contribution in [0, 0.1) is 12.7 Å². The molecule has 1 aromatic heterocycles. The van der Waals surface area contributed by atoms with Crippen LogP contribution in [-0.4, -0.2) is 27.0 Å². The molecule has 102 valence electrons. The van der Waals surface area contributed by atoms with E-state index in [0.29, 0.717) is 5.69 Å². The van der Waals surface area contributed by atoms with Gasteiger partial charge in [-0.05, 0) is 25.1 Å². The van der Waals surface area contributed by atoms with Gasteiger partial charge in [0.15, 0.2) is 0 Å². The predicted octanol–water partition coefficient (Wildman–Crippen LogP) is 1.87. The first-order valence-corrected chi connectivity index (χ1v) is 5.60. The molecule has 0 aliphatic heterocycles. The number of nitrogens with one attached hydrogen (secondary N) is 1. The quantitative estimate of drug-likeness (QED) is 0.892. The topological polar surface area (TPSA) is 92.2 Å². The van der Waals surface area contributed by atoms with Gasteiger partial charge in [0.1, 0.15) is 11.5 Å². The summed E-state index contributed by atoms with van der Waals surface area (Å²) in [6, 6.07) is 3.07. The van der Waals surface area contributed by atoms with E-state index in [1.807, 2.05) is 0 Å². The zero-order valence-corrected chi connectivity index (χ0v) is 10.4. The average Bonchev–Trinajstić information content (AvgIpc) is 2.41. The van der Waals surface area contributed by atoms with Crippen molar-refractivity contribution in [1.29, 1.82) is 0 Å². The van der Waals surface area contributed by atoms with Gasteiger partial charge in [-0.3, -0.25) is 9.78 Å². The molecule has 0 saturated carbocycles. The van der Waals surface area contributed by atoms with Crippen molar-refractivity contribution >= 4 is 17.6 Å². The predicted molar refractivity (Wildman–Crippen MR) is 68.1 cm³/mol. The number of amides is 1. The van der Waals surface area contributed by atoms with Crippen molar-refractivity contribution in [3.05, 3.63) is 53.4 Å². The number of anilines is 1. The van der Waals surface area contributed by atoms with Crippen molar-refractivity contribution in [2.45, 2.75) is 6.92 Å². The number of aromatic carboxylic acids is 1. The second-order valence-electron chi connectivity index (χ2n) is 3.99. The van der Waals surface area contributed by atoms with Crippen LogP contribution in [-0.2, 0) is 0 Å².